The van der Waals surface area contributed by atoms with Crippen molar-refractivity contribution in [1.29, 1.82) is 5.26 Å². The minimum absolute atomic E-state index is 0.255. The zero-order valence-electron chi connectivity index (χ0n) is 13.3. The first-order valence-corrected chi connectivity index (χ1v) is 8.32. The average molecular weight is 310 g/mol. The minimum Gasteiger partial charge on any atom is -0.354 e. The van der Waals surface area contributed by atoms with Crippen molar-refractivity contribution in [2.24, 2.45) is 5.92 Å². The van der Waals surface area contributed by atoms with Gasteiger partial charge in [0.05, 0.1) is 5.56 Å². The molecule has 23 heavy (non-hydrogen) atoms. The Labute approximate surface area is 137 Å². The first-order valence-electron chi connectivity index (χ1n) is 8.32. The lowest BCUT2D eigenvalue weighted by Gasteiger charge is -2.24. The van der Waals surface area contributed by atoms with Crippen LogP contribution in [0, 0.1) is 17.2 Å². The van der Waals surface area contributed by atoms with Gasteiger partial charge in [-0.25, -0.2) is 4.98 Å². The number of carbonyl (C=O) groups is 1. The van der Waals surface area contributed by atoms with Gasteiger partial charge in [0, 0.05) is 38.8 Å². The van der Waals surface area contributed by atoms with Crippen LogP contribution in [0.2, 0.25) is 0 Å². The van der Waals surface area contributed by atoms with Crippen molar-refractivity contribution in [1.82, 2.24) is 9.88 Å². The highest BCUT2D eigenvalue weighted by Gasteiger charge is 2.23. The van der Waals surface area contributed by atoms with E-state index in [2.05, 4.69) is 28.1 Å². The van der Waals surface area contributed by atoms with Crippen LogP contribution in [0.25, 0.3) is 0 Å². The lowest BCUT2D eigenvalue weighted by Crippen LogP contribution is -2.36. The number of allylic oxidation sites excluding steroid dienone is 2. The van der Waals surface area contributed by atoms with E-state index >= 15 is 0 Å². The lowest BCUT2D eigenvalue weighted by molar-refractivity contribution is -0.131. The van der Waals surface area contributed by atoms with Gasteiger partial charge in [0.2, 0.25) is 5.91 Å². The van der Waals surface area contributed by atoms with Gasteiger partial charge in [-0.05, 0) is 37.3 Å². The molecule has 1 atom stereocenters. The van der Waals surface area contributed by atoms with Crippen LogP contribution in [-0.2, 0) is 4.79 Å². The number of rotatable bonds is 3. The summed E-state index contributed by atoms with van der Waals surface area (Å²) >= 11 is 0. The molecule has 0 unspecified atom stereocenters. The first-order chi connectivity index (χ1) is 11.3. The Morgan fingerprint density at radius 1 is 1.35 bits per heavy atom. The number of hydrogen-bond donors (Lipinski definition) is 0. The van der Waals surface area contributed by atoms with E-state index in [0.717, 1.165) is 44.7 Å². The molecular formula is C18H22N4O. The van der Waals surface area contributed by atoms with Crippen LogP contribution in [0.3, 0.4) is 0 Å². The molecule has 1 aliphatic carbocycles. The van der Waals surface area contributed by atoms with Crippen molar-refractivity contribution in [3.8, 4) is 6.07 Å². The van der Waals surface area contributed by atoms with Gasteiger partial charge in [-0.1, -0.05) is 12.2 Å². The van der Waals surface area contributed by atoms with Crippen LogP contribution in [0.4, 0.5) is 5.82 Å². The number of amides is 1. The maximum absolute atomic E-state index is 12.5. The molecule has 0 radical (unpaired) electrons. The fourth-order valence-corrected chi connectivity index (χ4v) is 3.33. The molecule has 5 heteroatoms. The summed E-state index contributed by atoms with van der Waals surface area (Å²) in [5, 5.41) is 9.23. The standard InChI is InChI=1S/C18H22N4O/c19-14-16-7-3-8-20-18(16)22-10-4-9-21(11-12-22)17(23)13-15-5-1-2-6-15/h1,3,5,7-8,15H,2,4,6,9-13H2/t15-/m1/s1. The van der Waals surface area contributed by atoms with E-state index in [1.54, 1.807) is 18.3 Å². The van der Waals surface area contributed by atoms with E-state index < -0.39 is 0 Å². The van der Waals surface area contributed by atoms with Gasteiger partial charge < -0.3 is 9.80 Å². The summed E-state index contributed by atoms with van der Waals surface area (Å²) in [6, 6.07) is 5.78. The second-order valence-corrected chi connectivity index (χ2v) is 6.18. The Morgan fingerprint density at radius 3 is 3.04 bits per heavy atom. The maximum atomic E-state index is 12.5. The van der Waals surface area contributed by atoms with Gasteiger partial charge in [0.15, 0.2) is 0 Å². The SMILES string of the molecule is N#Cc1cccnc1N1CCCN(C(=O)C[C@@H]2C=CCC2)CC1. The van der Waals surface area contributed by atoms with E-state index in [1.807, 2.05) is 4.90 Å². The quantitative estimate of drug-likeness (QED) is 0.804. The molecule has 0 N–H and O–H groups in total. The minimum atomic E-state index is 0.255. The number of nitriles is 1. The van der Waals surface area contributed by atoms with Crippen molar-refractivity contribution >= 4 is 11.7 Å². The van der Waals surface area contributed by atoms with Crippen molar-refractivity contribution < 1.29 is 4.79 Å². The molecule has 1 aromatic rings. The highest BCUT2D eigenvalue weighted by atomic mass is 16.2. The smallest absolute Gasteiger partial charge is 0.223 e. The molecule has 1 aliphatic heterocycles. The van der Waals surface area contributed by atoms with Gasteiger partial charge in [-0.3, -0.25) is 4.79 Å². The topological polar surface area (TPSA) is 60.2 Å². The number of pyridine rings is 1. The molecule has 0 bridgehead atoms. The summed E-state index contributed by atoms with van der Waals surface area (Å²) in [6.07, 6.45) is 9.81. The van der Waals surface area contributed by atoms with Crippen LogP contribution in [0.5, 0.6) is 0 Å². The van der Waals surface area contributed by atoms with Gasteiger partial charge in [-0.2, -0.15) is 5.26 Å². The summed E-state index contributed by atoms with van der Waals surface area (Å²) in [5.41, 5.74) is 0.600. The first kappa shape index (κ1) is 15.5. The Kier molecular flexibility index (Phi) is 4.92. The van der Waals surface area contributed by atoms with E-state index in [-0.39, 0.29) is 5.91 Å². The predicted molar refractivity (Wildman–Crippen MR) is 88.8 cm³/mol. The molecule has 1 saturated heterocycles. The Hall–Kier alpha value is -2.35. The molecule has 0 saturated carbocycles. The van der Waals surface area contributed by atoms with Crippen molar-refractivity contribution in [2.45, 2.75) is 25.7 Å². The highest BCUT2D eigenvalue weighted by molar-refractivity contribution is 5.77. The third-order valence-electron chi connectivity index (χ3n) is 4.60. The normalized spacial score (nSPS) is 21.1. The summed E-state index contributed by atoms with van der Waals surface area (Å²) in [7, 11) is 0. The van der Waals surface area contributed by atoms with Crippen molar-refractivity contribution in [3.05, 3.63) is 36.0 Å². The van der Waals surface area contributed by atoms with Gasteiger partial charge in [0.1, 0.15) is 11.9 Å². The molecule has 2 aliphatic rings. The summed E-state index contributed by atoms with van der Waals surface area (Å²) in [6.45, 7) is 3.06. The lowest BCUT2D eigenvalue weighted by atomic mass is 10.0. The molecule has 120 valence electrons. The average Bonchev–Trinajstić information content (AvgIpc) is 2.96. The predicted octanol–water partition coefficient (Wildman–Crippen LogP) is 2.35. The molecule has 0 spiro atoms. The number of aromatic nitrogens is 1. The third-order valence-corrected chi connectivity index (χ3v) is 4.60. The molecular weight excluding hydrogens is 288 g/mol. The number of anilines is 1. The second-order valence-electron chi connectivity index (χ2n) is 6.18. The van der Waals surface area contributed by atoms with Crippen molar-refractivity contribution in [2.75, 3.05) is 31.1 Å². The largest absolute Gasteiger partial charge is 0.354 e. The summed E-state index contributed by atoms with van der Waals surface area (Å²) < 4.78 is 0. The van der Waals surface area contributed by atoms with Crippen LogP contribution in [0.1, 0.15) is 31.2 Å². The molecule has 3 rings (SSSR count). The fraction of sp³-hybridized carbons (Fsp3) is 0.500. The third kappa shape index (κ3) is 3.70. The van der Waals surface area contributed by atoms with Crippen molar-refractivity contribution in [3.63, 3.8) is 0 Å². The Balaban J connectivity index is 1.62. The molecule has 5 nitrogen and oxygen atoms in total. The molecule has 1 fully saturated rings. The number of carbonyl (C=O) groups excluding carboxylic acids is 1. The van der Waals surface area contributed by atoms with Crippen LogP contribution in [-0.4, -0.2) is 42.0 Å². The van der Waals surface area contributed by atoms with Crippen LogP contribution >= 0.6 is 0 Å². The Bertz CT molecular complexity index is 634. The van der Waals surface area contributed by atoms with E-state index in [9.17, 15) is 10.1 Å². The summed E-state index contributed by atoms with van der Waals surface area (Å²) in [4.78, 5) is 20.9. The van der Waals surface area contributed by atoms with Gasteiger partial charge >= 0.3 is 0 Å². The maximum Gasteiger partial charge on any atom is 0.223 e. The fourth-order valence-electron chi connectivity index (χ4n) is 3.33. The van der Waals surface area contributed by atoms with Gasteiger partial charge in [0.25, 0.3) is 0 Å². The number of nitrogens with zero attached hydrogens (tertiary/aromatic N) is 4. The molecule has 1 amide bonds. The number of hydrogen-bond acceptors (Lipinski definition) is 4. The van der Waals surface area contributed by atoms with E-state index in [4.69, 9.17) is 0 Å². The monoisotopic (exact) mass is 310 g/mol. The summed E-state index contributed by atoms with van der Waals surface area (Å²) in [5.74, 6) is 1.41. The van der Waals surface area contributed by atoms with Gasteiger partial charge in [-0.15, -0.1) is 0 Å². The van der Waals surface area contributed by atoms with E-state index in [1.165, 1.54) is 0 Å². The zero-order chi connectivity index (χ0) is 16.1. The van der Waals surface area contributed by atoms with Crippen LogP contribution < -0.4 is 4.90 Å². The molecule has 0 aromatic carbocycles. The zero-order valence-corrected chi connectivity index (χ0v) is 13.3. The second kappa shape index (κ2) is 7.28. The van der Waals surface area contributed by atoms with Crippen LogP contribution in [0.15, 0.2) is 30.5 Å². The highest BCUT2D eigenvalue weighted by Crippen LogP contribution is 2.22. The molecule has 2 heterocycles. The molecule has 1 aromatic heterocycles. The van der Waals surface area contributed by atoms with E-state index in [0.29, 0.717) is 24.4 Å². The Morgan fingerprint density at radius 2 is 2.26 bits per heavy atom.